The molecule has 0 bridgehead atoms. The molecule has 1 fully saturated rings. The number of pyridine rings is 1. The number of fused-ring (bicyclic) bond motifs is 1. The molecule has 1 amide bonds. The molecule has 0 N–H and O–H groups in total. The number of hydrogen-bond donors (Lipinski definition) is 0. The highest BCUT2D eigenvalue weighted by molar-refractivity contribution is 5.95. The molecule has 0 saturated carbocycles. The van der Waals surface area contributed by atoms with E-state index in [2.05, 4.69) is 4.98 Å². The number of piperidine rings is 1. The number of benzene rings is 1. The highest BCUT2D eigenvalue weighted by Gasteiger charge is 2.25. The van der Waals surface area contributed by atoms with Crippen LogP contribution in [0.5, 0.6) is 5.75 Å². The molecular formula is C21H23N3O4. The van der Waals surface area contributed by atoms with Crippen LogP contribution in [0.15, 0.2) is 36.5 Å². The Labute approximate surface area is 163 Å². The van der Waals surface area contributed by atoms with E-state index in [-0.39, 0.29) is 11.9 Å². The molecule has 2 aliphatic heterocycles. The normalized spacial score (nSPS) is 16.2. The molecule has 2 aromatic rings. The van der Waals surface area contributed by atoms with Crippen LogP contribution in [-0.4, -0.2) is 55.1 Å². The lowest BCUT2D eigenvalue weighted by Crippen LogP contribution is -2.36. The minimum Gasteiger partial charge on any atom is -0.488 e. The summed E-state index contributed by atoms with van der Waals surface area (Å²) in [5, 5.41) is 0. The summed E-state index contributed by atoms with van der Waals surface area (Å²) in [6.45, 7) is 2.73. The topological polar surface area (TPSA) is 72.0 Å². The fraction of sp³-hybridized carbons (Fsp3) is 0.381. The van der Waals surface area contributed by atoms with Crippen LogP contribution >= 0.6 is 0 Å². The molecule has 1 saturated heterocycles. The smallest absolute Gasteiger partial charge is 0.337 e. The van der Waals surface area contributed by atoms with Crippen LogP contribution in [0.1, 0.15) is 40.0 Å². The minimum atomic E-state index is -0.368. The maximum absolute atomic E-state index is 12.7. The first-order valence-electron chi connectivity index (χ1n) is 9.55. The van der Waals surface area contributed by atoms with E-state index in [4.69, 9.17) is 9.47 Å². The van der Waals surface area contributed by atoms with Crippen LogP contribution in [0.4, 0.5) is 11.5 Å². The van der Waals surface area contributed by atoms with Crippen molar-refractivity contribution in [2.24, 2.45) is 0 Å². The van der Waals surface area contributed by atoms with E-state index in [1.165, 1.54) is 13.5 Å². The lowest BCUT2D eigenvalue weighted by Gasteiger charge is -2.31. The highest BCUT2D eigenvalue weighted by atomic mass is 16.5. The molecule has 0 atom stereocenters. The zero-order valence-electron chi connectivity index (χ0n) is 15.9. The Morgan fingerprint density at radius 2 is 1.79 bits per heavy atom. The zero-order valence-corrected chi connectivity index (χ0v) is 15.9. The van der Waals surface area contributed by atoms with Gasteiger partial charge in [-0.3, -0.25) is 4.79 Å². The summed E-state index contributed by atoms with van der Waals surface area (Å²) in [5.74, 6) is 0.921. The van der Waals surface area contributed by atoms with Crippen LogP contribution in [0.3, 0.4) is 0 Å². The average Bonchev–Trinajstić information content (AvgIpc) is 2.78. The molecule has 0 radical (unpaired) electrons. The number of methoxy groups -OCH3 is 1. The standard InChI is InChI=1S/C21H23N3O4/c1-27-21(26)15-5-7-17(8-6-15)24-11-12-28-18-13-16(14-22-19(18)24)20(25)23-9-3-2-4-10-23/h5-8,13-14H,2-4,9-12H2,1H3. The molecule has 0 unspecified atom stereocenters. The fourth-order valence-electron chi connectivity index (χ4n) is 3.64. The van der Waals surface area contributed by atoms with Gasteiger partial charge in [0.1, 0.15) is 6.61 Å². The van der Waals surface area contributed by atoms with E-state index >= 15 is 0 Å². The van der Waals surface area contributed by atoms with Gasteiger partial charge in [0.05, 0.1) is 24.8 Å². The molecule has 0 aliphatic carbocycles. The van der Waals surface area contributed by atoms with Gasteiger partial charge in [-0.25, -0.2) is 9.78 Å². The van der Waals surface area contributed by atoms with Crippen molar-refractivity contribution in [3.63, 3.8) is 0 Å². The van der Waals surface area contributed by atoms with Crippen LogP contribution < -0.4 is 9.64 Å². The van der Waals surface area contributed by atoms with Crippen molar-refractivity contribution in [2.75, 3.05) is 38.3 Å². The number of nitrogens with zero attached hydrogens (tertiary/aromatic N) is 3. The van der Waals surface area contributed by atoms with Gasteiger partial charge in [-0.15, -0.1) is 0 Å². The monoisotopic (exact) mass is 381 g/mol. The molecule has 2 aliphatic rings. The summed E-state index contributed by atoms with van der Waals surface area (Å²) in [5.41, 5.74) is 1.96. The summed E-state index contributed by atoms with van der Waals surface area (Å²) in [6.07, 6.45) is 4.91. The second-order valence-electron chi connectivity index (χ2n) is 6.94. The van der Waals surface area contributed by atoms with Crippen molar-refractivity contribution in [1.82, 2.24) is 9.88 Å². The van der Waals surface area contributed by atoms with Gasteiger partial charge < -0.3 is 19.3 Å². The van der Waals surface area contributed by atoms with Gasteiger partial charge in [-0.2, -0.15) is 0 Å². The van der Waals surface area contributed by atoms with Crippen LogP contribution in [0.25, 0.3) is 0 Å². The Balaban J connectivity index is 1.58. The largest absolute Gasteiger partial charge is 0.488 e. The number of carbonyl (C=O) groups excluding carboxylic acids is 2. The molecular weight excluding hydrogens is 358 g/mol. The fourth-order valence-corrected chi connectivity index (χ4v) is 3.64. The van der Waals surface area contributed by atoms with Gasteiger partial charge in [-0.1, -0.05) is 0 Å². The Morgan fingerprint density at radius 1 is 1.04 bits per heavy atom. The third-order valence-corrected chi connectivity index (χ3v) is 5.15. The number of likely N-dealkylation sites (tertiary alicyclic amines) is 1. The van der Waals surface area contributed by atoms with Gasteiger partial charge >= 0.3 is 5.97 Å². The molecule has 0 spiro atoms. The van der Waals surface area contributed by atoms with Gasteiger partial charge in [0.2, 0.25) is 0 Å². The predicted octanol–water partition coefficient (Wildman–Crippen LogP) is 3.02. The number of amides is 1. The van der Waals surface area contributed by atoms with Crippen molar-refractivity contribution < 1.29 is 19.1 Å². The van der Waals surface area contributed by atoms with Gasteiger partial charge in [0.25, 0.3) is 5.91 Å². The summed E-state index contributed by atoms with van der Waals surface area (Å²) < 4.78 is 10.5. The molecule has 1 aromatic heterocycles. The summed E-state index contributed by atoms with van der Waals surface area (Å²) in [7, 11) is 1.36. The second-order valence-corrected chi connectivity index (χ2v) is 6.94. The molecule has 3 heterocycles. The van der Waals surface area contributed by atoms with Gasteiger partial charge in [-0.05, 0) is 49.6 Å². The first-order valence-corrected chi connectivity index (χ1v) is 9.55. The van der Waals surface area contributed by atoms with Gasteiger partial charge in [0, 0.05) is 25.0 Å². The molecule has 146 valence electrons. The number of ether oxygens (including phenoxy) is 2. The first kappa shape index (κ1) is 18.3. The van der Waals surface area contributed by atoms with Crippen LogP contribution in [-0.2, 0) is 4.74 Å². The van der Waals surface area contributed by atoms with Crippen molar-refractivity contribution in [3.05, 3.63) is 47.7 Å². The highest BCUT2D eigenvalue weighted by Crippen LogP contribution is 2.35. The van der Waals surface area contributed by atoms with Crippen molar-refractivity contribution in [1.29, 1.82) is 0 Å². The lowest BCUT2D eigenvalue weighted by atomic mass is 10.1. The minimum absolute atomic E-state index is 0.0122. The average molecular weight is 381 g/mol. The number of esters is 1. The third kappa shape index (κ3) is 3.52. The summed E-state index contributed by atoms with van der Waals surface area (Å²) >= 11 is 0. The summed E-state index contributed by atoms with van der Waals surface area (Å²) in [4.78, 5) is 32.8. The van der Waals surface area contributed by atoms with E-state index in [0.29, 0.717) is 35.8 Å². The number of hydrogen-bond acceptors (Lipinski definition) is 6. The number of rotatable bonds is 3. The summed E-state index contributed by atoms with van der Waals surface area (Å²) in [6, 6.07) is 8.95. The zero-order chi connectivity index (χ0) is 19.5. The van der Waals surface area contributed by atoms with E-state index in [1.54, 1.807) is 24.4 Å². The van der Waals surface area contributed by atoms with Crippen molar-refractivity contribution in [3.8, 4) is 5.75 Å². The number of carbonyl (C=O) groups is 2. The van der Waals surface area contributed by atoms with E-state index in [0.717, 1.165) is 31.6 Å². The Bertz CT molecular complexity index is 876. The first-order chi connectivity index (χ1) is 13.7. The van der Waals surface area contributed by atoms with E-state index in [1.807, 2.05) is 21.9 Å². The second kappa shape index (κ2) is 7.88. The van der Waals surface area contributed by atoms with Gasteiger partial charge in [0.15, 0.2) is 11.6 Å². The molecule has 7 heteroatoms. The van der Waals surface area contributed by atoms with Crippen molar-refractivity contribution in [2.45, 2.75) is 19.3 Å². The number of aromatic nitrogens is 1. The molecule has 4 rings (SSSR count). The van der Waals surface area contributed by atoms with Crippen LogP contribution in [0.2, 0.25) is 0 Å². The van der Waals surface area contributed by atoms with E-state index in [9.17, 15) is 9.59 Å². The third-order valence-electron chi connectivity index (χ3n) is 5.15. The van der Waals surface area contributed by atoms with Crippen molar-refractivity contribution >= 4 is 23.4 Å². The Morgan fingerprint density at radius 3 is 2.50 bits per heavy atom. The Kier molecular flexibility index (Phi) is 5.14. The maximum Gasteiger partial charge on any atom is 0.337 e. The SMILES string of the molecule is COC(=O)c1ccc(N2CCOc3cc(C(=O)N4CCCCC4)cnc32)cc1. The quantitative estimate of drug-likeness (QED) is 0.761. The predicted molar refractivity (Wildman–Crippen MR) is 104 cm³/mol. The Hall–Kier alpha value is -3.09. The molecule has 28 heavy (non-hydrogen) atoms. The molecule has 1 aromatic carbocycles. The van der Waals surface area contributed by atoms with Crippen LogP contribution in [0, 0.1) is 0 Å². The lowest BCUT2D eigenvalue weighted by molar-refractivity contribution is 0.0600. The van der Waals surface area contributed by atoms with E-state index < -0.39 is 0 Å². The molecule has 7 nitrogen and oxygen atoms in total. The number of anilines is 2. The maximum atomic E-state index is 12.7.